The van der Waals surface area contributed by atoms with Crippen molar-refractivity contribution in [2.75, 3.05) is 31.3 Å². The molecule has 3 aromatic rings. The van der Waals surface area contributed by atoms with E-state index in [9.17, 15) is 4.79 Å². The number of nitrogens with one attached hydrogen (secondary N) is 2. The molecule has 4 rings (SSSR count). The zero-order chi connectivity index (χ0) is 22.9. The van der Waals surface area contributed by atoms with Gasteiger partial charge in [0, 0.05) is 24.2 Å². The Morgan fingerprint density at radius 3 is 2.59 bits per heavy atom. The van der Waals surface area contributed by atoms with Crippen LogP contribution in [0.5, 0.6) is 5.75 Å². The molecule has 9 heteroatoms. The summed E-state index contributed by atoms with van der Waals surface area (Å²) in [5, 5.41) is 14.3. The van der Waals surface area contributed by atoms with E-state index in [1.807, 2.05) is 30.3 Å². The molecule has 0 aliphatic carbocycles. The van der Waals surface area contributed by atoms with Crippen molar-refractivity contribution in [1.29, 1.82) is 0 Å². The Labute approximate surface area is 187 Å². The summed E-state index contributed by atoms with van der Waals surface area (Å²) in [7, 11) is 3.74. The van der Waals surface area contributed by atoms with Crippen LogP contribution in [0.25, 0.3) is 0 Å². The zero-order valence-corrected chi connectivity index (χ0v) is 18.6. The third-order valence-electron chi connectivity index (χ3n) is 5.46. The van der Waals surface area contributed by atoms with Crippen LogP contribution in [0.4, 0.5) is 23.1 Å². The number of nitrogens with zero attached hydrogens (tertiary/aromatic N) is 4. The molecule has 1 aliphatic heterocycles. The molecule has 4 N–H and O–H groups in total. The fourth-order valence-electron chi connectivity index (χ4n) is 4.17. The molecule has 2 aromatic carbocycles. The highest BCUT2D eigenvalue weighted by molar-refractivity contribution is 5.96. The SMILES string of the molecule is COc1cc2c(cc1Nc1nnc(C(N)=O)c(Nc3ccccc3)n1)CN(C)CC2(C)C. The number of methoxy groups -OCH3 is 1. The highest BCUT2D eigenvalue weighted by Gasteiger charge is 2.31. The Morgan fingerprint density at radius 2 is 1.91 bits per heavy atom. The number of carbonyl (C=O) groups excluding carboxylic acids is 1. The molecular weight excluding hydrogens is 406 g/mol. The minimum Gasteiger partial charge on any atom is -0.495 e. The Kier molecular flexibility index (Phi) is 5.67. The predicted molar refractivity (Wildman–Crippen MR) is 124 cm³/mol. The number of fused-ring (bicyclic) bond motifs is 1. The molecule has 0 bridgehead atoms. The van der Waals surface area contributed by atoms with Gasteiger partial charge in [0.05, 0.1) is 12.8 Å². The summed E-state index contributed by atoms with van der Waals surface area (Å²) in [6, 6.07) is 13.5. The number of likely N-dealkylation sites (N-methyl/N-ethyl adjacent to an activating group) is 1. The number of hydrogen-bond acceptors (Lipinski definition) is 8. The molecule has 1 aromatic heterocycles. The number of primary amides is 1. The van der Waals surface area contributed by atoms with Gasteiger partial charge in [-0.2, -0.15) is 4.98 Å². The summed E-state index contributed by atoms with van der Waals surface area (Å²) in [5.41, 5.74) is 9.35. The molecule has 1 aliphatic rings. The normalized spacial score (nSPS) is 15.0. The summed E-state index contributed by atoms with van der Waals surface area (Å²) in [6.07, 6.45) is 0. The first-order valence-corrected chi connectivity index (χ1v) is 10.3. The van der Waals surface area contributed by atoms with E-state index in [2.05, 4.69) is 63.7 Å². The summed E-state index contributed by atoms with van der Waals surface area (Å²) < 4.78 is 5.65. The van der Waals surface area contributed by atoms with Crippen LogP contribution in [0.2, 0.25) is 0 Å². The van der Waals surface area contributed by atoms with E-state index in [1.165, 1.54) is 11.1 Å². The quantitative estimate of drug-likeness (QED) is 0.542. The molecule has 0 atom stereocenters. The van der Waals surface area contributed by atoms with Gasteiger partial charge in [-0.1, -0.05) is 32.0 Å². The lowest BCUT2D eigenvalue weighted by molar-refractivity contribution is 0.0995. The second-order valence-corrected chi connectivity index (χ2v) is 8.58. The number of anilines is 4. The maximum absolute atomic E-state index is 11.8. The number of benzene rings is 2. The molecule has 32 heavy (non-hydrogen) atoms. The first-order valence-electron chi connectivity index (χ1n) is 10.3. The number of hydrogen-bond donors (Lipinski definition) is 3. The fourth-order valence-corrected chi connectivity index (χ4v) is 4.17. The standard InChI is InChI=1S/C23H27N7O2/c1-23(2)13-30(3)12-14-10-17(18(32-4)11-16(14)23)26-22-27-21(19(20(24)31)28-29-22)25-15-8-6-5-7-9-15/h5-11H,12-13H2,1-4H3,(H2,24,31)(H2,25,26,27,29). The fraction of sp³-hybridized carbons (Fsp3) is 0.304. The van der Waals surface area contributed by atoms with E-state index in [1.54, 1.807) is 7.11 Å². The summed E-state index contributed by atoms with van der Waals surface area (Å²) >= 11 is 0. The van der Waals surface area contributed by atoms with Crippen LogP contribution in [-0.4, -0.2) is 46.7 Å². The van der Waals surface area contributed by atoms with Gasteiger partial charge in [-0.15, -0.1) is 10.2 Å². The number of rotatable bonds is 6. The zero-order valence-electron chi connectivity index (χ0n) is 18.6. The average molecular weight is 434 g/mol. The van der Waals surface area contributed by atoms with Crippen LogP contribution in [0.1, 0.15) is 35.5 Å². The molecule has 166 valence electrons. The van der Waals surface area contributed by atoms with E-state index in [4.69, 9.17) is 10.5 Å². The van der Waals surface area contributed by atoms with E-state index < -0.39 is 5.91 Å². The van der Waals surface area contributed by atoms with Gasteiger partial charge in [0.2, 0.25) is 5.95 Å². The van der Waals surface area contributed by atoms with E-state index in [0.29, 0.717) is 5.75 Å². The second kappa shape index (κ2) is 8.43. The smallest absolute Gasteiger partial charge is 0.273 e. The summed E-state index contributed by atoms with van der Waals surface area (Å²) in [5.74, 6) is 0.405. The van der Waals surface area contributed by atoms with Crippen LogP contribution >= 0.6 is 0 Å². The van der Waals surface area contributed by atoms with Crippen LogP contribution in [-0.2, 0) is 12.0 Å². The Hall–Kier alpha value is -3.72. The second-order valence-electron chi connectivity index (χ2n) is 8.58. The third-order valence-corrected chi connectivity index (χ3v) is 5.46. The van der Waals surface area contributed by atoms with Crippen LogP contribution < -0.4 is 21.1 Å². The van der Waals surface area contributed by atoms with Gasteiger partial charge in [-0.25, -0.2) is 0 Å². The molecule has 1 amide bonds. The van der Waals surface area contributed by atoms with Crippen molar-refractivity contribution in [1.82, 2.24) is 20.1 Å². The first-order chi connectivity index (χ1) is 15.3. The Bertz CT molecular complexity index is 1150. The average Bonchev–Trinajstić information content (AvgIpc) is 2.73. The van der Waals surface area contributed by atoms with Gasteiger partial charge in [0.1, 0.15) is 5.75 Å². The number of aromatic nitrogens is 3. The monoisotopic (exact) mass is 433 g/mol. The predicted octanol–water partition coefficient (Wildman–Crippen LogP) is 3.19. The molecule has 0 saturated carbocycles. The van der Waals surface area contributed by atoms with E-state index in [0.717, 1.165) is 24.5 Å². The van der Waals surface area contributed by atoms with Crippen molar-refractivity contribution in [2.24, 2.45) is 5.73 Å². The topological polar surface area (TPSA) is 118 Å². The highest BCUT2D eigenvalue weighted by Crippen LogP contribution is 2.39. The minimum atomic E-state index is -0.716. The number of amides is 1. The number of ether oxygens (including phenoxy) is 1. The van der Waals surface area contributed by atoms with Crippen molar-refractivity contribution < 1.29 is 9.53 Å². The summed E-state index contributed by atoms with van der Waals surface area (Å²) in [6.45, 7) is 6.25. The van der Waals surface area contributed by atoms with Crippen molar-refractivity contribution in [3.63, 3.8) is 0 Å². The highest BCUT2D eigenvalue weighted by atomic mass is 16.5. The molecule has 9 nitrogen and oxygen atoms in total. The van der Waals surface area contributed by atoms with Gasteiger partial charge in [0.25, 0.3) is 5.91 Å². The van der Waals surface area contributed by atoms with Crippen molar-refractivity contribution in [3.05, 3.63) is 59.3 Å². The Morgan fingerprint density at radius 1 is 1.16 bits per heavy atom. The van der Waals surface area contributed by atoms with E-state index >= 15 is 0 Å². The molecule has 0 saturated heterocycles. The molecule has 2 heterocycles. The molecule has 0 spiro atoms. The molecule has 0 unspecified atom stereocenters. The largest absolute Gasteiger partial charge is 0.495 e. The number of nitrogens with two attached hydrogens (primary N) is 1. The maximum Gasteiger partial charge on any atom is 0.273 e. The number of para-hydroxylation sites is 1. The van der Waals surface area contributed by atoms with Gasteiger partial charge >= 0.3 is 0 Å². The van der Waals surface area contributed by atoms with Crippen LogP contribution in [0, 0.1) is 0 Å². The van der Waals surface area contributed by atoms with Gasteiger partial charge in [0.15, 0.2) is 11.5 Å². The van der Waals surface area contributed by atoms with Crippen LogP contribution in [0.3, 0.4) is 0 Å². The van der Waals surface area contributed by atoms with Crippen LogP contribution in [0.15, 0.2) is 42.5 Å². The Balaban J connectivity index is 1.70. The molecular formula is C23H27N7O2. The van der Waals surface area contributed by atoms with Gasteiger partial charge < -0.3 is 26.0 Å². The third kappa shape index (κ3) is 4.33. The minimum absolute atomic E-state index is 0.00209. The lowest BCUT2D eigenvalue weighted by Crippen LogP contribution is -2.39. The summed E-state index contributed by atoms with van der Waals surface area (Å²) in [4.78, 5) is 18.6. The van der Waals surface area contributed by atoms with E-state index in [-0.39, 0.29) is 22.9 Å². The van der Waals surface area contributed by atoms with Crippen molar-refractivity contribution >= 4 is 29.0 Å². The number of carbonyl (C=O) groups is 1. The lowest BCUT2D eigenvalue weighted by atomic mass is 9.78. The van der Waals surface area contributed by atoms with Crippen molar-refractivity contribution in [3.8, 4) is 5.75 Å². The maximum atomic E-state index is 11.8. The molecule has 0 radical (unpaired) electrons. The lowest BCUT2D eigenvalue weighted by Gasteiger charge is -2.38. The van der Waals surface area contributed by atoms with Gasteiger partial charge in [-0.3, -0.25) is 4.79 Å². The van der Waals surface area contributed by atoms with Gasteiger partial charge in [-0.05, 0) is 42.4 Å². The van der Waals surface area contributed by atoms with Crippen molar-refractivity contribution in [2.45, 2.75) is 25.8 Å². The molecule has 0 fully saturated rings. The first kappa shape index (κ1) is 21.5.